The van der Waals surface area contributed by atoms with E-state index >= 15 is 0 Å². The maximum Gasteiger partial charge on any atom is 0.258 e. The monoisotopic (exact) mass is 295 g/mol. The second-order valence-electron chi connectivity index (χ2n) is 5.04. The fourth-order valence-electron chi connectivity index (χ4n) is 2.66. The minimum atomic E-state index is -0.532. The highest BCUT2D eigenvalue weighted by Gasteiger charge is 2.30. The highest BCUT2D eigenvalue weighted by molar-refractivity contribution is 6.34. The molecule has 0 saturated heterocycles. The van der Waals surface area contributed by atoms with Crippen molar-refractivity contribution in [2.75, 3.05) is 12.3 Å². The van der Waals surface area contributed by atoms with Gasteiger partial charge in [-0.15, -0.1) is 0 Å². The van der Waals surface area contributed by atoms with Gasteiger partial charge >= 0.3 is 0 Å². The molecule has 1 aliphatic rings. The van der Waals surface area contributed by atoms with Crippen molar-refractivity contribution in [3.8, 4) is 0 Å². The topological polar surface area (TPSA) is 89.4 Å². The lowest BCUT2D eigenvalue weighted by atomic mass is 10.1. The first-order valence-electron chi connectivity index (χ1n) is 6.64. The number of hydrogen-bond donors (Lipinski definition) is 2. The van der Waals surface area contributed by atoms with Crippen LogP contribution in [-0.4, -0.2) is 29.3 Å². The average Bonchev–Trinajstić information content (AvgIpc) is 2.88. The van der Waals surface area contributed by atoms with E-state index in [4.69, 9.17) is 23.1 Å². The van der Waals surface area contributed by atoms with Crippen LogP contribution in [0.15, 0.2) is 18.2 Å². The van der Waals surface area contributed by atoms with Gasteiger partial charge in [0.05, 0.1) is 17.1 Å². The Bertz CT molecular complexity index is 507. The normalized spacial score (nSPS) is 15.2. The van der Waals surface area contributed by atoms with Gasteiger partial charge in [0.2, 0.25) is 5.91 Å². The SMILES string of the molecule is NC(=O)CN(C(=O)c1c(N)cccc1Cl)C1CCCC1. The highest BCUT2D eigenvalue weighted by Crippen LogP contribution is 2.28. The largest absolute Gasteiger partial charge is 0.398 e. The number of halogens is 1. The van der Waals surface area contributed by atoms with Gasteiger partial charge in [-0.1, -0.05) is 30.5 Å². The molecule has 0 bridgehead atoms. The lowest BCUT2D eigenvalue weighted by molar-refractivity contribution is -0.119. The molecule has 1 fully saturated rings. The molecule has 5 nitrogen and oxygen atoms in total. The lowest BCUT2D eigenvalue weighted by Gasteiger charge is -2.28. The summed E-state index contributed by atoms with van der Waals surface area (Å²) in [6, 6.07) is 4.95. The molecule has 108 valence electrons. The molecule has 0 heterocycles. The van der Waals surface area contributed by atoms with Gasteiger partial charge < -0.3 is 16.4 Å². The number of carbonyl (C=O) groups excluding carboxylic acids is 2. The Morgan fingerprint density at radius 1 is 1.30 bits per heavy atom. The van der Waals surface area contributed by atoms with E-state index in [0.29, 0.717) is 10.7 Å². The molecular weight excluding hydrogens is 278 g/mol. The zero-order valence-corrected chi connectivity index (χ0v) is 11.9. The third-order valence-corrected chi connectivity index (χ3v) is 3.93. The van der Waals surface area contributed by atoms with Crippen molar-refractivity contribution in [1.29, 1.82) is 0 Å². The van der Waals surface area contributed by atoms with Gasteiger partial charge in [-0.2, -0.15) is 0 Å². The summed E-state index contributed by atoms with van der Waals surface area (Å²) < 4.78 is 0. The second kappa shape index (κ2) is 6.13. The number of rotatable bonds is 4. The van der Waals surface area contributed by atoms with Crippen molar-refractivity contribution in [2.24, 2.45) is 5.73 Å². The summed E-state index contributed by atoms with van der Waals surface area (Å²) in [5.74, 6) is -0.852. The first kappa shape index (κ1) is 14.7. The minimum absolute atomic E-state index is 0.0330. The van der Waals surface area contributed by atoms with Gasteiger partial charge in [-0.05, 0) is 25.0 Å². The van der Waals surface area contributed by atoms with Crippen LogP contribution in [0.5, 0.6) is 0 Å². The van der Waals surface area contributed by atoms with Crippen molar-refractivity contribution in [2.45, 2.75) is 31.7 Å². The number of carbonyl (C=O) groups is 2. The molecule has 1 aromatic carbocycles. The summed E-state index contributed by atoms with van der Waals surface area (Å²) >= 11 is 6.07. The number of nitrogens with two attached hydrogens (primary N) is 2. The summed E-state index contributed by atoms with van der Waals surface area (Å²) in [6.45, 7) is -0.103. The number of hydrogen-bond acceptors (Lipinski definition) is 3. The van der Waals surface area contributed by atoms with E-state index in [9.17, 15) is 9.59 Å². The number of primary amides is 1. The molecule has 0 aromatic heterocycles. The molecule has 2 rings (SSSR count). The van der Waals surface area contributed by atoms with Crippen molar-refractivity contribution in [3.05, 3.63) is 28.8 Å². The maximum atomic E-state index is 12.7. The van der Waals surface area contributed by atoms with Crippen LogP contribution in [0, 0.1) is 0 Å². The van der Waals surface area contributed by atoms with E-state index in [-0.39, 0.29) is 24.1 Å². The van der Waals surface area contributed by atoms with Crippen molar-refractivity contribution in [1.82, 2.24) is 4.90 Å². The molecule has 0 spiro atoms. The third kappa shape index (κ3) is 3.04. The van der Waals surface area contributed by atoms with E-state index in [1.54, 1.807) is 18.2 Å². The van der Waals surface area contributed by atoms with Gasteiger partial charge in [-0.3, -0.25) is 9.59 Å². The van der Waals surface area contributed by atoms with E-state index in [2.05, 4.69) is 0 Å². The average molecular weight is 296 g/mol. The van der Waals surface area contributed by atoms with Gasteiger partial charge in [0.25, 0.3) is 5.91 Å². The molecule has 1 saturated carbocycles. The van der Waals surface area contributed by atoms with Crippen LogP contribution in [0.3, 0.4) is 0 Å². The summed E-state index contributed by atoms with van der Waals surface area (Å²) in [5.41, 5.74) is 11.7. The Kier molecular flexibility index (Phi) is 4.49. The molecule has 1 aliphatic carbocycles. The predicted octanol–water partition coefficient (Wildman–Crippen LogP) is 1.79. The van der Waals surface area contributed by atoms with Crippen LogP contribution < -0.4 is 11.5 Å². The lowest BCUT2D eigenvalue weighted by Crippen LogP contribution is -2.44. The summed E-state index contributed by atoms with van der Waals surface area (Å²) in [6.07, 6.45) is 3.85. The Morgan fingerprint density at radius 2 is 1.95 bits per heavy atom. The molecular formula is C14H18ClN3O2. The third-order valence-electron chi connectivity index (χ3n) is 3.61. The summed E-state index contributed by atoms with van der Waals surface area (Å²) in [5, 5.41) is 0.294. The summed E-state index contributed by atoms with van der Waals surface area (Å²) in [4.78, 5) is 25.4. The van der Waals surface area contributed by atoms with Gasteiger partial charge in [-0.25, -0.2) is 0 Å². The van der Waals surface area contributed by atoms with Crippen LogP contribution >= 0.6 is 11.6 Å². The Morgan fingerprint density at radius 3 is 2.50 bits per heavy atom. The van der Waals surface area contributed by atoms with Crippen LogP contribution in [0.1, 0.15) is 36.0 Å². The van der Waals surface area contributed by atoms with Gasteiger partial charge in [0, 0.05) is 11.7 Å². The molecule has 0 aliphatic heterocycles. The van der Waals surface area contributed by atoms with Crippen LogP contribution in [0.4, 0.5) is 5.69 Å². The van der Waals surface area contributed by atoms with Gasteiger partial charge in [0.1, 0.15) is 0 Å². The number of anilines is 1. The molecule has 6 heteroatoms. The van der Waals surface area contributed by atoms with Crippen molar-refractivity contribution < 1.29 is 9.59 Å². The molecule has 0 atom stereocenters. The fraction of sp³-hybridized carbons (Fsp3) is 0.429. The predicted molar refractivity (Wildman–Crippen MR) is 78.4 cm³/mol. The first-order valence-corrected chi connectivity index (χ1v) is 7.01. The van der Waals surface area contributed by atoms with Gasteiger partial charge in [0.15, 0.2) is 0 Å². The smallest absolute Gasteiger partial charge is 0.258 e. The standard InChI is InChI=1S/C14H18ClN3O2/c15-10-6-3-7-11(16)13(10)14(20)18(8-12(17)19)9-4-1-2-5-9/h3,6-7,9H,1-2,4-5,8,16H2,(H2,17,19). The number of nitrogens with zero attached hydrogens (tertiary/aromatic N) is 1. The van der Waals surface area contributed by atoms with E-state index in [1.165, 1.54) is 4.90 Å². The Hall–Kier alpha value is -1.75. The quantitative estimate of drug-likeness (QED) is 0.830. The zero-order valence-electron chi connectivity index (χ0n) is 11.1. The Balaban J connectivity index is 2.32. The highest BCUT2D eigenvalue weighted by atomic mass is 35.5. The number of amides is 2. The van der Waals surface area contributed by atoms with E-state index < -0.39 is 5.91 Å². The van der Waals surface area contributed by atoms with Crippen molar-refractivity contribution in [3.63, 3.8) is 0 Å². The van der Waals surface area contributed by atoms with E-state index in [1.807, 2.05) is 0 Å². The van der Waals surface area contributed by atoms with E-state index in [0.717, 1.165) is 25.7 Å². The van der Waals surface area contributed by atoms with Crippen LogP contribution in [0.2, 0.25) is 5.02 Å². The summed E-state index contributed by atoms with van der Waals surface area (Å²) in [7, 11) is 0. The second-order valence-corrected chi connectivity index (χ2v) is 5.45. The molecule has 0 unspecified atom stereocenters. The first-order chi connectivity index (χ1) is 9.50. The number of benzene rings is 1. The fourth-order valence-corrected chi connectivity index (χ4v) is 2.92. The molecule has 20 heavy (non-hydrogen) atoms. The molecule has 2 amide bonds. The van der Waals surface area contributed by atoms with Crippen molar-refractivity contribution >= 4 is 29.1 Å². The molecule has 4 N–H and O–H groups in total. The molecule has 1 aromatic rings. The molecule has 0 radical (unpaired) electrons. The zero-order chi connectivity index (χ0) is 14.7. The minimum Gasteiger partial charge on any atom is -0.398 e. The Labute approximate surface area is 122 Å². The van der Waals surface area contributed by atoms with Crippen LogP contribution in [0.25, 0.3) is 0 Å². The maximum absolute atomic E-state index is 12.7. The van der Waals surface area contributed by atoms with Crippen LogP contribution in [-0.2, 0) is 4.79 Å². The number of nitrogen functional groups attached to an aromatic ring is 1.